The lowest BCUT2D eigenvalue weighted by Gasteiger charge is -2.34. The third-order valence-corrected chi connectivity index (χ3v) is 3.68. The lowest BCUT2D eigenvalue weighted by Crippen LogP contribution is -2.43. The molecule has 4 rings (SSSR count). The molecule has 0 atom stereocenters. The summed E-state index contributed by atoms with van der Waals surface area (Å²) in [6.07, 6.45) is 4.82. The van der Waals surface area contributed by atoms with Crippen molar-refractivity contribution in [3.8, 4) is 5.75 Å². The van der Waals surface area contributed by atoms with Crippen molar-refractivity contribution in [3.63, 3.8) is 0 Å². The SMILES string of the molecule is C1CCNC1.O=C(O)C1=CN2NCOc3cccc(c32)C1. The Labute approximate surface area is 123 Å². The van der Waals surface area contributed by atoms with E-state index in [4.69, 9.17) is 9.84 Å². The van der Waals surface area contributed by atoms with Crippen molar-refractivity contribution >= 4 is 11.7 Å². The van der Waals surface area contributed by atoms with Gasteiger partial charge in [0.2, 0.25) is 0 Å². The Morgan fingerprint density at radius 2 is 2.10 bits per heavy atom. The van der Waals surface area contributed by atoms with Crippen molar-refractivity contribution in [2.45, 2.75) is 19.3 Å². The van der Waals surface area contributed by atoms with Crippen LogP contribution in [0, 0.1) is 0 Å². The molecular formula is C15H19N3O3. The molecule has 1 aromatic rings. The fraction of sp³-hybridized carbons (Fsp3) is 0.400. The number of nitrogens with one attached hydrogen (secondary N) is 2. The quantitative estimate of drug-likeness (QED) is 0.722. The molecule has 0 unspecified atom stereocenters. The molecular weight excluding hydrogens is 270 g/mol. The molecule has 6 heteroatoms. The van der Waals surface area contributed by atoms with Gasteiger partial charge in [0, 0.05) is 12.6 Å². The zero-order valence-electron chi connectivity index (χ0n) is 11.8. The molecule has 0 saturated carbocycles. The van der Waals surface area contributed by atoms with Gasteiger partial charge in [-0.25, -0.2) is 4.79 Å². The third kappa shape index (κ3) is 3.01. The first-order valence-corrected chi connectivity index (χ1v) is 7.18. The number of hydrogen-bond acceptors (Lipinski definition) is 5. The molecule has 0 aromatic heterocycles. The summed E-state index contributed by atoms with van der Waals surface area (Å²) in [4.78, 5) is 11.0. The highest BCUT2D eigenvalue weighted by atomic mass is 16.5. The minimum Gasteiger partial charge on any atom is -0.478 e. The largest absolute Gasteiger partial charge is 0.478 e. The number of para-hydroxylation sites is 1. The molecule has 112 valence electrons. The maximum Gasteiger partial charge on any atom is 0.333 e. The number of hydrogen-bond donors (Lipinski definition) is 3. The van der Waals surface area contributed by atoms with Gasteiger partial charge < -0.3 is 15.2 Å². The van der Waals surface area contributed by atoms with Crippen LogP contribution in [0.5, 0.6) is 5.75 Å². The lowest BCUT2D eigenvalue weighted by molar-refractivity contribution is -0.132. The first kappa shape index (κ1) is 13.9. The summed E-state index contributed by atoms with van der Waals surface area (Å²) in [6, 6.07) is 5.67. The molecule has 0 amide bonds. The van der Waals surface area contributed by atoms with Crippen LogP contribution >= 0.6 is 0 Å². The van der Waals surface area contributed by atoms with Crippen LogP contribution in [0.2, 0.25) is 0 Å². The predicted octanol–water partition coefficient (Wildman–Crippen LogP) is 1.24. The number of carbonyl (C=O) groups is 1. The van der Waals surface area contributed by atoms with Crippen LogP contribution in [-0.4, -0.2) is 30.9 Å². The summed E-state index contributed by atoms with van der Waals surface area (Å²) in [6.45, 7) is 2.85. The summed E-state index contributed by atoms with van der Waals surface area (Å²) in [5.41, 5.74) is 5.23. The number of hydrazine groups is 1. The van der Waals surface area contributed by atoms with Gasteiger partial charge >= 0.3 is 5.97 Å². The van der Waals surface area contributed by atoms with Crippen LogP contribution in [0.15, 0.2) is 30.0 Å². The van der Waals surface area contributed by atoms with Gasteiger partial charge in [0.15, 0.2) is 6.73 Å². The Kier molecular flexibility index (Phi) is 4.08. The topological polar surface area (TPSA) is 73.8 Å². The number of anilines is 1. The second-order valence-corrected chi connectivity index (χ2v) is 5.17. The standard InChI is InChI=1S/C11H10N2O3.C4H9N/c14-11(15)8-4-7-2-1-3-9-10(7)13(5-8)12-6-16-9;1-2-4-5-3-1/h1-3,5,12H,4,6H2,(H,14,15);5H,1-4H2. The van der Waals surface area contributed by atoms with Crippen molar-refractivity contribution in [2.75, 3.05) is 24.8 Å². The van der Waals surface area contributed by atoms with Crippen molar-refractivity contribution in [1.82, 2.24) is 10.7 Å². The molecule has 0 aliphatic carbocycles. The Bertz CT molecular complexity index is 560. The Hall–Kier alpha value is -2.05. The van der Waals surface area contributed by atoms with Crippen LogP contribution < -0.4 is 20.5 Å². The summed E-state index contributed by atoms with van der Waals surface area (Å²) in [5.74, 6) is -0.0960. The number of carboxylic acid groups (broad SMARTS) is 1. The van der Waals surface area contributed by atoms with E-state index in [1.807, 2.05) is 18.2 Å². The average molecular weight is 289 g/mol. The third-order valence-electron chi connectivity index (χ3n) is 3.68. The summed E-state index contributed by atoms with van der Waals surface area (Å²) >= 11 is 0. The van der Waals surface area contributed by atoms with Crippen LogP contribution in [-0.2, 0) is 11.2 Å². The van der Waals surface area contributed by atoms with Crippen molar-refractivity contribution in [1.29, 1.82) is 0 Å². The number of nitrogens with zero attached hydrogens (tertiary/aromatic N) is 1. The van der Waals surface area contributed by atoms with E-state index in [1.54, 1.807) is 11.2 Å². The summed E-state index contributed by atoms with van der Waals surface area (Å²) < 4.78 is 5.44. The number of benzene rings is 1. The monoisotopic (exact) mass is 289 g/mol. The van der Waals surface area contributed by atoms with Gasteiger partial charge in [-0.2, -0.15) is 5.43 Å². The van der Waals surface area contributed by atoms with E-state index in [1.165, 1.54) is 25.9 Å². The first-order chi connectivity index (χ1) is 10.3. The second-order valence-electron chi connectivity index (χ2n) is 5.17. The number of aliphatic carboxylic acids is 1. The Morgan fingerprint density at radius 3 is 2.76 bits per heavy atom. The summed E-state index contributed by atoms with van der Waals surface area (Å²) in [7, 11) is 0. The minimum absolute atomic E-state index is 0.347. The van der Waals surface area contributed by atoms with Crippen LogP contribution in [0.4, 0.5) is 5.69 Å². The molecule has 21 heavy (non-hydrogen) atoms. The maximum absolute atomic E-state index is 11.0. The molecule has 3 aliphatic heterocycles. The van der Waals surface area contributed by atoms with E-state index in [0.717, 1.165) is 17.0 Å². The van der Waals surface area contributed by atoms with E-state index >= 15 is 0 Å². The molecule has 1 saturated heterocycles. The maximum atomic E-state index is 11.0. The molecule has 3 aliphatic rings. The highest BCUT2D eigenvalue weighted by Crippen LogP contribution is 2.37. The van der Waals surface area contributed by atoms with E-state index in [9.17, 15) is 4.79 Å². The van der Waals surface area contributed by atoms with Gasteiger partial charge in [0.25, 0.3) is 0 Å². The molecule has 1 fully saturated rings. The number of rotatable bonds is 1. The highest BCUT2D eigenvalue weighted by Gasteiger charge is 2.26. The van der Waals surface area contributed by atoms with Gasteiger partial charge in [-0.3, -0.25) is 5.01 Å². The molecule has 0 radical (unpaired) electrons. The van der Waals surface area contributed by atoms with E-state index < -0.39 is 5.97 Å². The first-order valence-electron chi connectivity index (χ1n) is 7.18. The molecule has 6 nitrogen and oxygen atoms in total. The molecule has 3 heterocycles. The molecule has 1 aromatic carbocycles. The average Bonchev–Trinajstić information content (AvgIpc) is 3.07. The minimum atomic E-state index is -0.885. The molecule has 3 N–H and O–H groups in total. The van der Waals surface area contributed by atoms with E-state index in [2.05, 4.69) is 10.7 Å². The molecule has 0 bridgehead atoms. The van der Waals surface area contributed by atoms with Gasteiger partial charge in [-0.15, -0.1) is 0 Å². The smallest absolute Gasteiger partial charge is 0.333 e. The van der Waals surface area contributed by atoms with Gasteiger partial charge in [-0.1, -0.05) is 12.1 Å². The zero-order valence-corrected chi connectivity index (χ0v) is 11.8. The van der Waals surface area contributed by atoms with Gasteiger partial charge in [0.1, 0.15) is 11.4 Å². The van der Waals surface area contributed by atoms with Crippen LogP contribution in [0.3, 0.4) is 0 Å². The predicted molar refractivity (Wildman–Crippen MR) is 79.1 cm³/mol. The van der Waals surface area contributed by atoms with Gasteiger partial charge in [0.05, 0.1) is 5.57 Å². The lowest BCUT2D eigenvalue weighted by atomic mass is 10.00. The van der Waals surface area contributed by atoms with Crippen molar-refractivity contribution < 1.29 is 14.6 Å². The highest BCUT2D eigenvalue weighted by molar-refractivity contribution is 5.90. The Balaban J connectivity index is 0.000000225. The normalized spacial score (nSPS) is 18.9. The fourth-order valence-corrected chi connectivity index (χ4v) is 2.63. The van der Waals surface area contributed by atoms with E-state index in [0.29, 0.717) is 18.7 Å². The number of ether oxygens (including phenoxy) is 1. The van der Waals surface area contributed by atoms with Crippen LogP contribution in [0.1, 0.15) is 18.4 Å². The zero-order chi connectivity index (χ0) is 14.7. The van der Waals surface area contributed by atoms with E-state index in [-0.39, 0.29) is 0 Å². The molecule has 0 spiro atoms. The van der Waals surface area contributed by atoms with Crippen LogP contribution in [0.25, 0.3) is 0 Å². The Morgan fingerprint density at radius 1 is 1.29 bits per heavy atom. The van der Waals surface area contributed by atoms with Crippen molar-refractivity contribution in [2.24, 2.45) is 0 Å². The number of carboxylic acids is 1. The summed E-state index contributed by atoms with van der Waals surface area (Å²) in [5, 5.41) is 14.0. The fourth-order valence-electron chi connectivity index (χ4n) is 2.63. The van der Waals surface area contributed by atoms with Gasteiger partial charge in [-0.05, 0) is 37.6 Å². The second kappa shape index (κ2) is 6.15. The van der Waals surface area contributed by atoms with Crippen molar-refractivity contribution in [3.05, 3.63) is 35.5 Å².